The number of halogens is 4. The van der Waals surface area contributed by atoms with Gasteiger partial charge in [0.15, 0.2) is 6.17 Å². The smallest absolute Gasteiger partial charge is 0.418 e. The maximum absolute atomic E-state index is 9.75. The van der Waals surface area contributed by atoms with Gasteiger partial charge in [-0.2, -0.15) is 10.2 Å². The summed E-state index contributed by atoms with van der Waals surface area (Å²) in [5.74, 6) is 0. The van der Waals surface area contributed by atoms with Crippen LogP contribution in [-0.4, -0.2) is 26.8 Å². The monoisotopic (exact) mass is 745 g/mol. The van der Waals surface area contributed by atoms with Gasteiger partial charge in [-0.05, 0) is 66.7 Å². The second-order valence-corrected chi connectivity index (χ2v) is 13.9. The molecule has 0 bridgehead atoms. The van der Waals surface area contributed by atoms with Crippen molar-refractivity contribution >= 4 is 42.9 Å². The van der Waals surface area contributed by atoms with Crippen molar-refractivity contribution in [3.05, 3.63) is 188 Å². The number of aromatic nitrogens is 4. The molecule has 0 aliphatic carbocycles. The minimum atomic E-state index is -6.00. The molecule has 0 fully saturated rings. The number of rotatable bonds is 8. The molecule has 0 saturated heterocycles. The van der Waals surface area contributed by atoms with E-state index in [-0.39, 0.29) is 23.2 Å². The fraction of sp³-hybridized carbons (Fsp3) is 0.0270. The summed E-state index contributed by atoms with van der Waals surface area (Å²) in [7, 11) is -6.88. The van der Waals surface area contributed by atoms with Gasteiger partial charge in [0, 0.05) is 40.1 Å². The van der Waals surface area contributed by atoms with Crippen LogP contribution in [-0.2, 0) is 17.1 Å². The molecule has 0 spiro atoms. The van der Waals surface area contributed by atoms with Crippen molar-refractivity contribution in [2.75, 3.05) is 0 Å². The zero-order valence-corrected chi connectivity index (χ0v) is 28.7. The molecule has 5 aromatic carbocycles. The predicted octanol–water partition coefficient (Wildman–Crippen LogP) is 8.80. The molecule has 0 aliphatic heterocycles. The summed E-state index contributed by atoms with van der Waals surface area (Å²) in [6.07, 6.45) is 7.42. The molecule has 12 heteroatoms. The van der Waals surface area contributed by atoms with Gasteiger partial charge in [-0.3, -0.25) is 0 Å². The number of nitrogens with zero attached hydrogens (tertiary/aromatic N) is 4. The molecule has 0 N–H and O–H groups in total. The van der Waals surface area contributed by atoms with E-state index in [0.29, 0.717) is 0 Å². The first-order chi connectivity index (χ1) is 23.4. The third-order valence-electron chi connectivity index (χ3n) is 6.91. The van der Waals surface area contributed by atoms with Gasteiger partial charge in [0.05, 0.1) is 7.92 Å². The van der Waals surface area contributed by atoms with Crippen LogP contribution < -0.4 is 15.9 Å². The van der Waals surface area contributed by atoms with E-state index in [0.717, 1.165) is 0 Å². The summed E-state index contributed by atoms with van der Waals surface area (Å²) in [6.45, 7) is 0. The molecule has 4 nitrogen and oxygen atoms in total. The maximum Gasteiger partial charge on any atom is 1.00 e. The molecule has 0 atom stereocenters. The van der Waals surface area contributed by atoms with Gasteiger partial charge in [0.25, 0.3) is 0 Å². The third-order valence-corrected chi connectivity index (χ3v) is 10.7. The van der Waals surface area contributed by atoms with Crippen molar-refractivity contribution in [1.82, 2.24) is 19.6 Å². The Labute approximate surface area is 299 Å². The third kappa shape index (κ3) is 11.6. The molecule has 0 amide bonds. The largest absolute Gasteiger partial charge is 1.00 e. The first kappa shape index (κ1) is 37.4. The zero-order chi connectivity index (χ0) is 33.6. The molecular weight excluding hydrogens is 714 g/mol. The quantitative estimate of drug-likeness (QED) is 0.0887. The average molecular weight is 746 g/mol. The van der Waals surface area contributed by atoms with Crippen molar-refractivity contribution in [3.63, 3.8) is 0 Å². The summed E-state index contributed by atoms with van der Waals surface area (Å²) in [5, 5.41) is 13.2. The molecule has 2 aromatic heterocycles. The molecule has 0 radical (unpaired) electrons. The van der Waals surface area contributed by atoms with E-state index in [2.05, 4.69) is 150 Å². The summed E-state index contributed by atoms with van der Waals surface area (Å²) < 4.78 is 42.9. The van der Waals surface area contributed by atoms with Gasteiger partial charge >= 0.3 is 24.3 Å². The maximum atomic E-state index is 9.75. The zero-order valence-electron chi connectivity index (χ0n) is 26.0. The van der Waals surface area contributed by atoms with E-state index in [1.807, 2.05) is 40.0 Å². The van der Waals surface area contributed by atoms with Crippen LogP contribution >= 0.6 is 19.7 Å². The standard InChI is InChI=1S/C19H16N4S.C18H15P.BF4.Cu/c1-2-8-16(9-3-1)24-18-11-5-4-10-17(18)19(22-14-6-12-20-22)23-15-7-13-21-23;1-4-10-16(11-5-1)19(17-12-6-2-7-13-17)18-14-8-3-9-15-18;2-1(3,4)5;/h1-15,19H;1-15H;;/q;;-1;+1/p+1. The molecule has 0 aliphatic rings. The van der Waals surface area contributed by atoms with Crippen molar-refractivity contribution in [2.45, 2.75) is 16.0 Å². The summed E-state index contributed by atoms with van der Waals surface area (Å²) >= 11 is 1.75. The van der Waals surface area contributed by atoms with Gasteiger partial charge in [-0.1, -0.05) is 103 Å². The summed E-state index contributed by atoms with van der Waals surface area (Å²) in [5.41, 5.74) is 1.17. The molecule has 2 heterocycles. The number of hydrogen-bond acceptors (Lipinski definition) is 3. The van der Waals surface area contributed by atoms with Crippen LogP contribution in [0.3, 0.4) is 0 Å². The minimum absolute atomic E-state index is 0. The van der Waals surface area contributed by atoms with E-state index in [1.165, 1.54) is 31.3 Å². The molecule has 0 saturated carbocycles. The number of hydrogen-bond donors (Lipinski definition) is 0. The molecule has 252 valence electrons. The van der Waals surface area contributed by atoms with Gasteiger partial charge in [-0.25, -0.2) is 9.36 Å². The van der Waals surface area contributed by atoms with E-state index in [4.69, 9.17) is 0 Å². The van der Waals surface area contributed by atoms with Crippen LogP contribution in [0.4, 0.5) is 17.3 Å². The Morgan fingerprint density at radius 3 is 1.27 bits per heavy atom. The topological polar surface area (TPSA) is 35.6 Å². The fourth-order valence-electron chi connectivity index (χ4n) is 4.97. The van der Waals surface area contributed by atoms with Crippen LogP contribution in [0.5, 0.6) is 0 Å². The first-order valence-corrected chi connectivity index (χ1v) is 17.4. The van der Waals surface area contributed by atoms with E-state index >= 15 is 0 Å². The SMILES string of the molecule is F[B-](F)(F)F.[Cu+].c1ccc(Sc2ccccc2C(n2cccn2)n2cccn2)cc1.c1ccc([PH+](c2ccccc2)c2ccccc2)cc1. The Kier molecular flexibility index (Phi) is 14.5. The molecule has 7 aromatic rings. The summed E-state index contributed by atoms with van der Waals surface area (Å²) in [4.78, 5) is 2.41. The summed E-state index contributed by atoms with van der Waals surface area (Å²) in [6, 6.07) is 55.2. The van der Waals surface area contributed by atoms with Gasteiger partial charge in [-0.15, -0.1) is 0 Å². The van der Waals surface area contributed by atoms with Gasteiger partial charge in [0.2, 0.25) is 0 Å². The molecular formula is C37H32BCuF4N4PS+. The predicted molar refractivity (Wildman–Crippen MR) is 192 cm³/mol. The van der Waals surface area contributed by atoms with E-state index < -0.39 is 15.2 Å². The number of benzene rings is 5. The van der Waals surface area contributed by atoms with Crippen molar-refractivity contribution in [2.24, 2.45) is 0 Å². The van der Waals surface area contributed by atoms with Gasteiger partial charge in [0.1, 0.15) is 15.9 Å². The Hall–Kier alpha value is -4.40. The van der Waals surface area contributed by atoms with E-state index in [9.17, 15) is 17.3 Å². The van der Waals surface area contributed by atoms with Gasteiger partial charge < -0.3 is 17.3 Å². The van der Waals surface area contributed by atoms with Crippen LogP contribution in [0.1, 0.15) is 11.7 Å². The minimum Gasteiger partial charge on any atom is -0.418 e. The van der Waals surface area contributed by atoms with Crippen molar-refractivity contribution in [3.8, 4) is 0 Å². The Bertz CT molecular complexity index is 1770. The first-order valence-electron chi connectivity index (χ1n) is 15.1. The normalized spacial score (nSPS) is 10.7. The van der Waals surface area contributed by atoms with Crippen molar-refractivity contribution < 1.29 is 34.3 Å². The Morgan fingerprint density at radius 2 is 0.878 bits per heavy atom. The fourth-order valence-corrected chi connectivity index (χ4v) is 8.54. The second-order valence-electron chi connectivity index (χ2n) is 10.3. The van der Waals surface area contributed by atoms with Crippen molar-refractivity contribution in [1.29, 1.82) is 0 Å². The van der Waals surface area contributed by atoms with Crippen LogP contribution in [0.25, 0.3) is 0 Å². The Balaban J connectivity index is 0.000000195. The average Bonchev–Trinajstić information content (AvgIpc) is 3.84. The molecule has 7 rings (SSSR count). The van der Waals surface area contributed by atoms with Crippen LogP contribution in [0, 0.1) is 0 Å². The van der Waals surface area contributed by atoms with Crippen LogP contribution in [0.15, 0.2) is 192 Å². The Morgan fingerprint density at radius 1 is 0.510 bits per heavy atom. The van der Waals surface area contributed by atoms with E-state index in [1.54, 1.807) is 24.2 Å². The second kappa shape index (κ2) is 19.0. The molecule has 49 heavy (non-hydrogen) atoms. The molecule has 0 unspecified atom stereocenters. The van der Waals surface area contributed by atoms with Crippen LogP contribution in [0.2, 0.25) is 0 Å².